The molecule has 0 spiro atoms. The van der Waals surface area contributed by atoms with E-state index in [2.05, 4.69) is 48.2 Å². The van der Waals surface area contributed by atoms with E-state index in [4.69, 9.17) is 4.74 Å². The zero-order valence-corrected chi connectivity index (χ0v) is 13.0. The molecule has 1 fully saturated rings. The molecule has 0 amide bonds. The molecule has 0 aromatic heterocycles. The molecule has 0 unspecified atom stereocenters. The first-order valence-corrected chi connectivity index (χ1v) is 8.11. The Hall–Kier alpha value is -1.38. The fourth-order valence-electron chi connectivity index (χ4n) is 3.06. The van der Waals surface area contributed by atoms with Gasteiger partial charge in [-0.1, -0.05) is 42.0 Å². The third kappa shape index (κ3) is 4.05. The van der Waals surface area contributed by atoms with E-state index >= 15 is 0 Å². The third-order valence-corrected chi connectivity index (χ3v) is 4.35. The van der Waals surface area contributed by atoms with E-state index in [-0.39, 0.29) is 0 Å². The second kappa shape index (κ2) is 7.06. The minimum absolute atomic E-state index is 0.907. The number of benzene rings is 2. The molecule has 1 heterocycles. The van der Waals surface area contributed by atoms with E-state index in [1.165, 1.54) is 47.7 Å². The summed E-state index contributed by atoms with van der Waals surface area (Å²) in [6, 6.07) is 13.6. The van der Waals surface area contributed by atoms with E-state index in [1.807, 2.05) is 0 Å². The molecule has 0 aliphatic carbocycles. The number of unbranched alkanes of at least 4 members (excludes halogenated alkanes) is 1. The lowest BCUT2D eigenvalue weighted by Gasteiger charge is -2.26. The topological polar surface area (TPSA) is 12.5 Å². The predicted octanol–water partition coefficient (Wildman–Crippen LogP) is 3.80. The summed E-state index contributed by atoms with van der Waals surface area (Å²) in [5.41, 5.74) is 2.80. The summed E-state index contributed by atoms with van der Waals surface area (Å²) in [7, 11) is 0. The van der Waals surface area contributed by atoms with Gasteiger partial charge in [-0.2, -0.15) is 0 Å². The Morgan fingerprint density at radius 3 is 2.57 bits per heavy atom. The molecule has 1 saturated heterocycles. The fraction of sp³-hybridized carbons (Fsp3) is 0.474. The van der Waals surface area contributed by atoms with Gasteiger partial charge in [0.25, 0.3) is 0 Å². The van der Waals surface area contributed by atoms with Gasteiger partial charge in [0.15, 0.2) is 0 Å². The van der Waals surface area contributed by atoms with Crippen molar-refractivity contribution in [3.8, 4) is 0 Å². The summed E-state index contributed by atoms with van der Waals surface area (Å²) >= 11 is 0. The van der Waals surface area contributed by atoms with E-state index < -0.39 is 0 Å². The highest BCUT2D eigenvalue weighted by Crippen LogP contribution is 2.19. The van der Waals surface area contributed by atoms with Gasteiger partial charge in [-0.25, -0.2) is 0 Å². The van der Waals surface area contributed by atoms with Gasteiger partial charge >= 0.3 is 0 Å². The Morgan fingerprint density at radius 1 is 0.952 bits per heavy atom. The van der Waals surface area contributed by atoms with Crippen molar-refractivity contribution in [3.05, 3.63) is 47.5 Å². The van der Waals surface area contributed by atoms with Crippen LogP contribution in [0.4, 0.5) is 0 Å². The number of aryl methyl sites for hydroxylation is 2. The number of nitrogens with zero attached hydrogens (tertiary/aromatic N) is 1. The Balaban J connectivity index is 1.49. The van der Waals surface area contributed by atoms with Crippen molar-refractivity contribution in [1.82, 2.24) is 4.90 Å². The van der Waals surface area contributed by atoms with Gasteiger partial charge in [0.1, 0.15) is 0 Å². The SMILES string of the molecule is Cc1ccc2cc(CCCCN3CCOCC3)ccc2c1. The van der Waals surface area contributed by atoms with E-state index in [0.29, 0.717) is 0 Å². The first-order valence-electron chi connectivity index (χ1n) is 8.11. The second-order valence-corrected chi connectivity index (χ2v) is 6.10. The van der Waals surface area contributed by atoms with Crippen LogP contribution < -0.4 is 0 Å². The molecule has 2 heteroatoms. The van der Waals surface area contributed by atoms with Crippen molar-refractivity contribution in [2.24, 2.45) is 0 Å². The molecule has 0 bridgehead atoms. The molecule has 2 aromatic rings. The third-order valence-electron chi connectivity index (χ3n) is 4.35. The van der Waals surface area contributed by atoms with Gasteiger partial charge in [-0.3, -0.25) is 4.90 Å². The highest BCUT2D eigenvalue weighted by atomic mass is 16.5. The molecule has 21 heavy (non-hydrogen) atoms. The largest absolute Gasteiger partial charge is 0.379 e. The van der Waals surface area contributed by atoms with Gasteiger partial charge in [-0.05, 0) is 49.1 Å². The minimum Gasteiger partial charge on any atom is -0.379 e. The number of ether oxygens (including phenoxy) is 1. The van der Waals surface area contributed by atoms with Gasteiger partial charge in [0, 0.05) is 13.1 Å². The average Bonchev–Trinajstić information content (AvgIpc) is 2.52. The summed E-state index contributed by atoms with van der Waals surface area (Å²) in [5, 5.41) is 2.72. The minimum atomic E-state index is 0.907. The lowest BCUT2D eigenvalue weighted by molar-refractivity contribution is 0.0372. The summed E-state index contributed by atoms with van der Waals surface area (Å²) in [6.07, 6.45) is 3.74. The van der Waals surface area contributed by atoms with Crippen molar-refractivity contribution < 1.29 is 4.74 Å². The maximum atomic E-state index is 5.38. The van der Waals surface area contributed by atoms with Crippen LogP contribution in [0.3, 0.4) is 0 Å². The number of hydrogen-bond donors (Lipinski definition) is 0. The number of fused-ring (bicyclic) bond motifs is 1. The van der Waals surface area contributed by atoms with Crippen LogP contribution in [0.2, 0.25) is 0 Å². The van der Waals surface area contributed by atoms with Crippen LogP contribution in [0.5, 0.6) is 0 Å². The lowest BCUT2D eigenvalue weighted by Crippen LogP contribution is -2.36. The zero-order chi connectivity index (χ0) is 14.5. The quantitative estimate of drug-likeness (QED) is 0.774. The standard InChI is InChI=1S/C19H25NO/c1-16-5-7-19-15-17(6-8-18(19)14-16)4-2-3-9-20-10-12-21-13-11-20/h5-8,14-15H,2-4,9-13H2,1H3. The van der Waals surface area contributed by atoms with Crippen molar-refractivity contribution in [2.75, 3.05) is 32.8 Å². The molecular formula is C19H25NO. The van der Waals surface area contributed by atoms with Gasteiger partial charge < -0.3 is 4.74 Å². The van der Waals surface area contributed by atoms with Crippen LogP contribution in [-0.4, -0.2) is 37.7 Å². The average molecular weight is 283 g/mol. The van der Waals surface area contributed by atoms with E-state index in [1.54, 1.807) is 0 Å². The molecule has 2 nitrogen and oxygen atoms in total. The molecule has 3 rings (SSSR count). The smallest absolute Gasteiger partial charge is 0.0594 e. The molecule has 1 aliphatic heterocycles. The molecule has 0 saturated carbocycles. The first-order chi connectivity index (χ1) is 10.3. The van der Waals surface area contributed by atoms with Gasteiger partial charge in [0.05, 0.1) is 13.2 Å². The number of morpholine rings is 1. The second-order valence-electron chi connectivity index (χ2n) is 6.10. The predicted molar refractivity (Wildman–Crippen MR) is 88.9 cm³/mol. The van der Waals surface area contributed by atoms with Gasteiger partial charge in [0.2, 0.25) is 0 Å². The lowest BCUT2D eigenvalue weighted by atomic mass is 10.0. The maximum Gasteiger partial charge on any atom is 0.0594 e. The Morgan fingerprint density at radius 2 is 1.71 bits per heavy atom. The Labute approximate surface area is 127 Å². The summed E-state index contributed by atoms with van der Waals surface area (Å²) in [4.78, 5) is 2.52. The summed E-state index contributed by atoms with van der Waals surface area (Å²) in [6.45, 7) is 7.40. The van der Waals surface area contributed by atoms with Crippen molar-refractivity contribution in [1.29, 1.82) is 0 Å². The summed E-state index contributed by atoms with van der Waals surface area (Å²) < 4.78 is 5.38. The highest BCUT2D eigenvalue weighted by molar-refractivity contribution is 5.83. The maximum absolute atomic E-state index is 5.38. The van der Waals surface area contributed by atoms with Crippen LogP contribution in [-0.2, 0) is 11.2 Å². The summed E-state index contributed by atoms with van der Waals surface area (Å²) in [5.74, 6) is 0. The monoisotopic (exact) mass is 283 g/mol. The molecule has 0 atom stereocenters. The highest BCUT2D eigenvalue weighted by Gasteiger charge is 2.09. The molecule has 0 radical (unpaired) electrons. The number of rotatable bonds is 5. The van der Waals surface area contributed by atoms with Crippen molar-refractivity contribution in [3.63, 3.8) is 0 Å². The van der Waals surface area contributed by atoms with Crippen molar-refractivity contribution in [2.45, 2.75) is 26.2 Å². The first kappa shape index (κ1) is 14.6. The normalized spacial score (nSPS) is 16.4. The van der Waals surface area contributed by atoms with E-state index in [0.717, 1.165) is 26.3 Å². The van der Waals surface area contributed by atoms with Crippen LogP contribution in [0.25, 0.3) is 10.8 Å². The Bertz CT molecular complexity index is 587. The van der Waals surface area contributed by atoms with Crippen LogP contribution >= 0.6 is 0 Å². The van der Waals surface area contributed by atoms with E-state index in [9.17, 15) is 0 Å². The fourth-order valence-corrected chi connectivity index (χ4v) is 3.06. The molecule has 2 aromatic carbocycles. The molecule has 1 aliphatic rings. The van der Waals surface area contributed by atoms with Gasteiger partial charge in [-0.15, -0.1) is 0 Å². The van der Waals surface area contributed by atoms with Crippen LogP contribution in [0.1, 0.15) is 24.0 Å². The molecular weight excluding hydrogens is 258 g/mol. The molecule has 112 valence electrons. The van der Waals surface area contributed by atoms with Crippen molar-refractivity contribution >= 4 is 10.8 Å². The zero-order valence-electron chi connectivity index (χ0n) is 13.0. The molecule has 0 N–H and O–H groups in total. The number of hydrogen-bond acceptors (Lipinski definition) is 2. The van der Waals surface area contributed by atoms with Crippen LogP contribution in [0, 0.1) is 6.92 Å². The van der Waals surface area contributed by atoms with Crippen LogP contribution in [0.15, 0.2) is 36.4 Å². The Kier molecular flexibility index (Phi) is 4.89.